The van der Waals surface area contributed by atoms with Gasteiger partial charge in [-0.2, -0.15) is 8.75 Å². The van der Waals surface area contributed by atoms with Crippen LogP contribution in [0, 0.1) is 6.92 Å². The third kappa shape index (κ3) is 2.55. The highest BCUT2D eigenvalue weighted by molar-refractivity contribution is 7.00. The summed E-state index contributed by atoms with van der Waals surface area (Å²) in [5.74, 6) is 0. The Labute approximate surface area is 120 Å². The second-order valence-corrected chi connectivity index (χ2v) is 5.33. The largest absolute Gasteiger partial charge is 0.378 e. The summed E-state index contributed by atoms with van der Waals surface area (Å²) < 4.78 is 8.51. The van der Waals surface area contributed by atoms with E-state index in [-0.39, 0.29) is 0 Å². The summed E-state index contributed by atoms with van der Waals surface area (Å²) >= 11 is 7.43. The number of hydrogen-bond acceptors (Lipinski definition) is 4. The van der Waals surface area contributed by atoms with Crippen LogP contribution >= 0.6 is 23.3 Å². The van der Waals surface area contributed by atoms with Gasteiger partial charge in [-0.1, -0.05) is 41.4 Å². The number of aryl methyl sites for hydroxylation is 1. The summed E-state index contributed by atoms with van der Waals surface area (Å²) in [7, 11) is 0. The van der Waals surface area contributed by atoms with Crippen LogP contribution < -0.4 is 5.32 Å². The Kier molecular flexibility index (Phi) is 3.36. The van der Waals surface area contributed by atoms with Crippen LogP contribution in [0.1, 0.15) is 11.1 Å². The summed E-state index contributed by atoms with van der Waals surface area (Å²) in [6.45, 7) is 2.80. The highest BCUT2D eigenvalue weighted by Gasteiger charge is 2.09. The Balaban J connectivity index is 1.87. The van der Waals surface area contributed by atoms with Gasteiger partial charge in [-0.25, -0.2) is 0 Å². The summed E-state index contributed by atoms with van der Waals surface area (Å²) in [5.41, 5.74) is 5.04. The molecule has 0 saturated carbocycles. The summed E-state index contributed by atoms with van der Waals surface area (Å²) in [6, 6.07) is 12.2. The molecule has 0 saturated heterocycles. The van der Waals surface area contributed by atoms with E-state index in [0.717, 1.165) is 23.3 Å². The molecular weight excluding hydrogens is 278 g/mol. The van der Waals surface area contributed by atoms with Crippen LogP contribution in [-0.4, -0.2) is 8.75 Å². The molecule has 3 aromatic rings. The first-order valence-corrected chi connectivity index (χ1v) is 7.05. The highest BCUT2D eigenvalue weighted by Crippen LogP contribution is 2.30. The lowest BCUT2D eigenvalue weighted by atomic mass is 10.1. The van der Waals surface area contributed by atoms with Crippen molar-refractivity contribution in [2.45, 2.75) is 13.5 Å². The molecule has 1 N–H and O–H groups in total. The van der Waals surface area contributed by atoms with Gasteiger partial charge in [0.2, 0.25) is 0 Å². The van der Waals surface area contributed by atoms with Crippen LogP contribution in [0.15, 0.2) is 36.4 Å². The number of benzene rings is 2. The number of nitrogens with zero attached hydrogens (tertiary/aromatic N) is 2. The number of halogens is 1. The molecule has 0 aliphatic rings. The Bertz CT molecular complexity index is 706. The predicted octanol–water partition coefficient (Wildman–Crippen LogP) is 4.27. The molecule has 0 aliphatic heterocycles. The molecule has 3 rings (SSSR count). The van der Waals surface area contributed by atoms with E-state index >= 15 is 0 Å². The third-order valence-corrected chi connectivity index (χ3v) is 3.82. The number of nitrogens with one attached hydrogen (secondary N) is 1. The maximum absolute atomic E-state index is 6.23. The van der Waals surface area contributed by atoms with Crippen molar-refractivity contribution in [1.29, 1.82) is 0 Å². The lowest BCUT2D eigenvalue weighted by Gasteiger charge is -2.09. The van der Waals surface area contributed by atoms with E-state index in [0.29, 0.717) is 5.02 Å². The lowest BCUT2D eigenvalue weighted by Crippen LogP contribution is -2.00. The molecular formula is C14H12ClN3S. The van der Waals surface area contributed by atoms with Gasteiger partial charge < -0.3 is 5.32 Å². The van der Waals surface area contributed by atoms with Crippen molar-refractivity contribution < 1.29 is 0 Å². The fraction of sp³-hybridized carbons (Fsp3) is 0.143. The highest BCUT2D eigenvalue weighted by atomic mass is 35.5. The molecule has 19 heavy (non-hydrogen) atoms. The average Bonchev–Trinajstić information content (AvgIpc) is 2.88. The van der Waals surface area contributed by atoms with E-state index < -0.39 is 0 Å². The van der Waals surface area contributed by atoms with Gasteiger partial charge in [0, 0.05) is 6.54 Å². The Morgan fingerprint density at radius 3 is 2.68 bits per heavy atom. The van der Waals surface area contributed by atoms with Gasteiger partial charge in [-0.15, -0.1) is 0 Å². The number of rotatable bonds is 3. The molecule has 0 aliphatic carbocycles. The summed E-state index contributed by atoms with van der Waals surface area (Å²) in [5, 5.41) is 4.02. The smallest absolute Gasteiger partial charge is 0.129 e. The molecule has 0 radical (unpaired) electrons. The molecule has 0 fully saturated rings. The van der Waals surface area contributed by atoms with Crippen LogP contribution in [-0.2, 0) is 6.54 Å². The minimum atomic E-state index is 0.673. The van der Waals surface area contributed by atoms with Crippen LogP contribution in [0.3, 0.4) is 0 Å². The van der Waals surface area contributed by atoms with E-state index in [1.54, 1.807) is 0 Å². The molecule has 0 amide bonds. The monoisotopic (exact) mass is 289 g/mol. The molecule has 3 nitrogen and oxygen atoms in total. The Morgan fingerprint density at radius 2 is 1.89 bits per heavy atom. The Morgan fingerprint density at radius 1 is 1.11 bits per heavy atom. The van der Waals surface area contributed by atoms with Gasteiger partial charge >= 0.3 is 0 Å². The molecule has 0 unspecified atom stereocenters. The standard InChI is InChI=1S/C14H12ClN3S/c1-9-2-4-10(5-3-9)8-16-13-11(15)6-7-12-14(13)18-19-17-12/h2-7,16H,8H2,1H3. The first kappa shape index (κ1) is 12.4. The molecule has 2 aromatic carbocycles. The van der Waals surface area contributed by atoms with Crippen molar-refractivity contribution in [1.82, 2.24) is 8.75 Å². The van der Waals surface area contributed by atoms with Crippen molar-refractivity contribution in [2.24, 2.45) is 0 Å². The molecule has 0 atom stereocenters. The fourth-order valence-corrected chi connectivity index (χ4v) is 2.65. The number of anilines is 1. The SMILES string of the molecule is Cc1ccc(CNc2c(Cl)ccc3nsnc23)cc1. The predicted molar refractivity (Wildman–Crippen MR) is 80.9 cm³/mol. The van der Waals surface area contributed by atoms with Crippen LogP contribution in [0.25, 0.3) is 11.0 Å². The van der Waals surface area contributed by atoms with Gasteiger partial charge in [0.05, 0.1) is 22.4 Å². The number of aromatic nitrogens is 2. The van der Waals surface area contributed by atoms with E-state index in [1.807, 2.05) is 12.1 Å². The van der Waals surface area contributed by atoms with Gasteiger partial charge in [0.1, 0.15) is 11.0 Å². The second-order valence-electron chi connectivity index (χ2n) is 4.39. The molecule has 5 heteroatoms. The van der Waals surface area contributed by atoms with Gasteiger partial charge in [-0.05, 0) is 24.6 Å². The Hall–Kier alpha value is -1.65. The number of fused-ring (bicyclic) bond motifs is 1. The minimum absolute atomic E-state index is 0.673. The molecule has 0 spiro atoms. The van der Waals surface area contributed by atoms with Crippen LogP contribution in [0.4, 0.5) is 5.69 Å². The third-order valence-electron chi connectivity index (χ3n) is 2.97. The van der Waals surface area contributed by atoms with Crippen molar-refractivity contribution in [2.75, 3.05) is 5.32 Å². The average molecular weight is 290 g/mol. The van der Waals surface area contributed by atoms with Crippen LogP contribution in [0.2, 0.25) is 5.02 Å². The quantitative estimate of drug-likeness (QED) is 0.782. The zero-order valence-corrected chi connectivity index (χ0v) is 11.9. The molecule has 0 bridgehead atoms. The zero-order chi connectivity index (χ0) is 13.2. The van der Waals surface area contributed by atoms with Crippen LogP contribution in [0.5, 0.6) is 0 Å². The lowest BCUT2D eigenvalue weighted by molar-refractivity contribution is 1.15. The maximum atomic E-state index is 6.23. The first-order valence-electron chi connectivity index (χ1n) is 5.94. The van der Waals surface area contributed by atoms with E-state index in [4.69, 9.17) is 11.6 Å². The van der Waals surface area contributed by atoms with Crippen molar-refractivity contribution in [3.05, 3.63) is 52.5 Å². The topological polar surface area (TPSA) is 37.8 Å². The normalized spacial score (nSPS) is 10.8. The second kappa shape index (κ2) is 5.15. The molecule has 96 valence electrons. The van der Waals surface area contributed by atoms with Crippen molar-refractivity contribution in [3.8, 4) is 0 Å². The van der Waals surface area contributed by atoms with E-state index in [1.165, 1.54) is 22.9 Å². The molecule has 1 heterocycles. The summed E-state index contributed by atoms with van der Waals surface area (Å²) in [6.07, 6.45) is 0. The van der Waals surface area contributed by atoms with E-state index in [9.17, 15) is 0 Å². The van der Waals surface area contributed by atoms with E-state index in [2.05, 4.69) is 45.3 Å². The maximum Gasteiger partial charge on any atom is 0.129 e. The number of hydrogen-bond donors (Lipinski definition) is 1. The van der Waals surface area contributed by atoms with Crippen molar-refractivity contribution >= 4 is 40.0 Å². The zero-order valence-electron chi connectivity index (χ0n) is 10.4. The fourth-order valence-electron chi connectivity index (χ4n) is 1.89. The summed E-state index contributed by atoms with van der Waals surface area (Å²) in [4.78, 5) is 0. The first-order chi connectivity index (χ1) is 9.24. The minimum Gasteiger partial charge on any atom is -0.378 e. The van der Waals surface area contributed by atoms with Gasteiger partial charge in [-0.3, -0.25) is 0 Å². The van der Waals surface area contributed by atoms with Crippen molar-refractivity contribution in [3.63, 3.8) is 0 Å². The molecule has 1 aromatic heterocycles. The van der Waals surface area contributed by atoms with Gasteiger partial charge in [0.25, 0.3) is 0 Å². The van der Waals surface area contributed by atoms with Gasteiger partial charge in [0.15, 0.2) is 0 Å².